The molecule has 1 saturated heterocycles. The van der Waals surface area contributed by atoms with E-state index in [1.165, 1.54) is 12.0 Å². The zero-order valence-corrected chi connectivity index (χ0v) is 32.0. The van der Waals surface area contributed by atoms with Gasteiger partial charge in [-0.1, -0.05) is 47.5 Å². The molecular weight excluding hydrogens is 737 g/mol. The smallest absolute Gasteiger partial charge is 0.410 e. The van der Waals surface area contributed by atoms with Crippen molar-refractivity contribution >= 4 is 52.9 Å². The molecule has 14 nitrogen and oxygen atoms in total. The molecule has 54 heavy (non-hydrogen) atoms. The highest BCUT2D eigenvalue weighted by atomic mass is 35.5. The summed E-state index contributed by atoms with van der Waals surface area (Å²) in [6.45, 7) is 6.26. The van der Waals surface area contributed by atoms with Crippen LogP contribution in [0.4, 0.5) is 15.3 Å². The van der Waals surface area contributed by atoms with E-state index in [2.05, 4.69) is 20.6 Å². The summed E-state index contributed by atoms with van der Waals surface area (Å²) in [5, 5.41) is 15.7. The maximum Gasteiger partial charge on any atom is 0.410 e. The highest BCUT2D eigenvalue weighted by Gasteiger charge is 2.30. The second-order valence-corrected chi connectivity index (χ2v) is 14.9. The molecule has 2 aliphatic heterocycles. The van der Waals surface area contributed by atoms with Crippen LogP contribution in [0.3, 0.4) is 0 Å². The van der Waals surface area contributed by atoms with E-state index in [9.17, 15) is 24.3 Å². The highest BCUT2D eigenvalue weighted by molar-refractivity contribution is 6.39. The Balaban J connectivity index is 1.25. The zero-order chi connectivity index (χ0) is 38.9. The fourth-order valence-corrected chi connectivity index (χ4v) is 7.20. The van der Waals surface area contributed by atoms with E-state index >= 15 is 0 Å². The third-order valence-corrected chi connectivity index (χ3v) is 10.0. The second-order valence-electron chi connectivity index (χ2n) is 14.2. The summed E-state index contributed by atoms with van der Waals surface area (Å²) in [6.07, 6.45) is 1.54. The molecule has 6 rings (SSSR count). The van der Waals surface area contributed by atoms with Crippen molar-refractivity contribution in [3.63, 3.8) is 0 Å². The van der Waals surface area contributed by atoms with Gasteiger partial charge in [-0.25, -0.2) is 14.6 Å². The quantitative estimate of drug-likeness (QED) is 0.166. The molecule has 0 bridgehead atoms. The fraction of sp³-hybridized carbons (Fsp3) is 0.368. The van der Waals surface area contributed by atoms with Crippen molar-refractivity contribution in [1.82, 2.24) is 29.7 Å². The number of imidazole rings is 1. The van der Waals surface area contributed by atoms with Crippen LogP contribution in [0.5, 0.6) is 5.75 Å². The van der Waals surface area contributed by atoms with Crippen molar-refractivity contribution in [2.24, 2.45) is 7.05 Å². The van der Waals surface area contributed by atoms with Crippen molar-refractivity contribution < 1.29 is 33.8 Å². The minimum atomic E-state index is -1.04. The third-order valence-electron chi connectivity index (χ3n) is 9.25. The zero-order valence-electron chi connectivity index (χ0n) is 30.5. The summed E-state index contributed by atoms with van der Waals surface area (Å²) in [6, 6.07) is 12.2. The molecule has 3 N–H and O–H groups in total. The minimum absolute atomic E-state index is 0.0461. The Morgan fingerprint density at radius 2 is 1.85 bits per heavy atom. The van der Waals surface area contributed by atoms with Crippen LogP contribution in [-0.4, -0.2) is 85.3 Å². The molecule has 1 atom stereocenters. The molecule has 0 radical (unpaired) electrons. The Labute approximate surface area is 322 Å². The molecule has 2 aliphatic rings. The number of pyridine rings is 1. The van der Waals surface area contributed by atoms with Crippen LogP contribution in [0.25, 0.3) is 22.4 Å². The number of aromatic nitrogens is 3. The number of hydrogen-bond donors (Lipinski definition) is 3. The molecule has 16 heteroatoms. The van der Waals surface area contributed by atoms with Crippen LogP contribution in [0.1, 0.15) is 61.2 Å². The molecule has 0 spiro atoms. The average Bonchev–Trinajstić information content (AvgIpc) is 3.69. The van der Waals surface area contributed by atoms with Gasteiger partial charge in [0.05, 0.1) is 47.3 Å². The average molecular weight is 779 g/mol. The minimum Gasteiger partial charge on any atom is -0.496 e. The van der Waals surface area contributed by atoms with Gasteiger partial charge in [-0.2, -0.15) is 0 Å². The third kappa shape index (κ3) is 8.24. The normalized spacial score (nSPS) is 15.4. The van der Waals surface area contributed by atoms with Crippen molar-refractivity contribution in [1.29, 1.82) is 0 Å². The number of methoxy groups -OCH3 is 1. The van der Waals surface area contributed by atoms with Crippen molar-refractivity contribution in [3.05, 3.63) is 81.5 Å². The van der Waals surface area contributed by atoms with Gasteiger partial charge in [0.15, 0.2) is 5.82 Å². The van der Waals surface area contributed by atoms with Crippen molar-refractivity contribution in [2.45, 2.75) is 64.8 Å². The number of amides is 4. The molecule has 0 saturated carbocycles. The number of carboxylic acid groups (broad SMARTS) is 1. The summed E-state index contributed by atoms with van der Waals surface area (Å²) in [7, 11) is 3.26. The van der Waals surface area contributed by atoms with E-state index in [4.69, 9.17) is 32.7 Å². The Kier molecular flexibility index (Phi) is 11.1. The van der Waals surface area contributed by atoms with Crippen molar-refractivity contribution in [3.8, 4) is 28.1 Å². The molecule has 2 aromatic carbocycles. The first kappa shape index (κ1) is 38.4. The van der Waals surface area contributed by atoms with Gasteiger partial charge >= 0.3 is 12.2 Å². The first-order valence-corrected chi connectivity index (χ1v) is 18.1. The van der Waals surface area contributed by atoms with Gasteiger partial charge in [0.1, 0.15) is 11.4 Å². The lowest BCUT2D eigenvalue weighted by Crippen LogP contribution is -2.43. The van der Waals surface area contributed by atoms with E-state index in [1.807, 2.05) is 12.1 Å². The SMILES string of the molecule is COc1cc(-c2nccc(-c3cccc(NC(=O)c4nc5c(n4C)CCN(C(=O)O)C5)c3Cl)c2Cl)ccc1CN(C[C@@H]1CCC(=O)N1)C(=O)OC(C)(C)C. The molecule has 0 unspecified atom stereocenters. The van der Waals surface area contributed by atoms with Crippen LogP contribution in [0.15, 0.2) is 48.7 Å². The molecule has 4 aromatic rings. The summed E-state index contributed by atoms with van der Waals surface area (Å²) in [5.41, 5.74) is 3.90. The number of benzene rings is 2. The number of carbonyl (C=O) groups excluding carboxylic acids is 3. The number of nitrogens with one attached hydrogen (secondary N) is 2. The Bertz CT molecular complexity index is 2130. The monoisotopic (exact) mass is 777 g/mol. The van der Waals surface area contributed by atoms with E-state index in [0.29, 0.717) is 75.9 Å². The van der Waals surface area contributed by atoms with Crippen molar-refractivity contribution in [2.75, 3.05) is 25.5 Å². The molecule has 284 valence electrons. The van der Waals surface area contributed by atoms with Gasteiger partial charge in [0.25, 0.3) is 5.91 Å². The number of fused-ring (bicyclic) bond motifs is 1. The summed E-state index contributed by atoms with van der Waals surface area (Å²) < 4.78 is 13.1. The topological polar surface area (TPSA) is 168 Å². The van der Waals surface area contributed by atoms with E-state index < -0.39 is 23.7 Å². The van der Waals surface area contributed by atoms with Gasteiger partial charge in [-0.15, -0.1) is 0 Å². The number of hydrogen-bond acceptors (Lipinski definition) is 8. The van der Waals surface area contributed by atoms with Gasteiger partial charge < -0.3 is 39.6 Å². The van der Waals surface area contributed by atoms with Gasteiger partial charge in [-0.3, -0.25) is 14.6 Å². The second kappa shape index (κ2) is 15.6. The number of carbonyl (C=O) groups is 4. The molecule has 0 aliphatic carbocycles. The van der Waals surface area contributed by atoms with E-state index in [-0.39, 0.29) is 42.4 Å². The summed E-state index contributed by atoms with van der Waals surface area (Å²) in [5.74, 6) is 0.0824. The first-order chi connectivity index (χ1) is 25.6. The molecule has 1 fully saturated rings. The molecule has 2 aromatic heterocycles. The molecule has 4 amide bonds. The summed E-state index contributed by atoms with van der Waals surface area (Å²) >= 11 is 13.9. The highest BCUT2D eigenvalue weighted by Crippen LogP contribution is 2.41. The predicted molar refractivity (Wildman–Crippen MR) is 203 cm³/mol. The number of ether oxygens (including phenoxy) is 2. The van der Waals surface area contributed by atoms with E-state index in [1.54, 1.807) is 73.8 Å². The lowest BCUT2D eigenvalue weighted by Gasteiger charge is -2.29. The largest absolute Gasteiger partial charge is 0.496 e. The number of halogens is 2. The number of rotatable bonds is 9. The van der Waals surface area contributed by atoms with E-state index in [0.717, 1.165) is 5.69 Å². The number of nitrogens with zero attached hydrogens (tertiary/aromatic N) is 5. The lowest BCUT2D eigenvalue weighted by atomic mass is 10.0. The van der Waals surface area contributed by atoms with Crippen LogP contribution in [-0.2, 0) is 36.1 Å². The Hall–Kier alpha value is -5.34. The summed E-state index contributed by atoms with van der Waals surface area (Å²) in [4.78, 5) is 61.9. The standard InChI is InChI=1S/C38H41Cl2N7O7/c1-38(2,3)54-37(52)47(19-23-11-12-30(48)42-23)18-22-10-9-21(17-29(22)53-5)33-32(40)25(13-15-41-33)24-7-6-8-26(31(24)39)44-35(49)34-43-27-20-46(36(50)51)16-14-28(27)45(34)4/h6-10,13,15,17,23H,11-12,14,16,18-20H2,1-5H3,(H,42,48)(H,44,49)(H,50,51)/t23-/m0/s1. The fourth-order valence-electron chi connectivity index (χ4n) is 6.60. The maximum absolute atomic E-state index is 13.5. The molecular formula is C38H41Cl2N7O7. The van der Waals surface area contributed by atoms with Gasteiger partial charge in [-0.05, 0) is 45.4 Å². The van der Waals surface area contributed by atoms with Crippen LogP contribution in [0, 0.1) is 0 Å². The Morgan fingerprint density at radius 1 is 1.09 bits per heavy atom. The molecule has 4 heterocycles. The van der Waals surface area contributed by atoms with Crippen LogP contribution < -0.4 is 15.4 Å². The van der Waals surface area contributed by atoms with Gasteiger partial charge in [0.2, 0.25) is 5.91 Å². The Morgan fingerprint density at radius 3 is 2.54 bits per heavy atom. The predicted octanol–water partition coefficient (Wildman–Crippen LogP) is 6.77. The first-order valence-electron chi connectivity index (χ1n) is 17.3. The lowest BCUT2D eigenvalue weighted by molar-refractivity contribution is -0.119. The van der Waals surface area contributed by atoms with Gasteiger partial charge in [0, 0.05) is 73.2 Å². The maximum atomic E-state index is 13.5. The van der Waals surface area contributed by atoms with Crippen LogP contribution in [0.2, 0.25) is 10.0 Å². The van der Waals surface area contributed by atoms with Crippen LogP contribution >= 0.6 is 23.2 Å². The number of anilines is 1.